The lowest BCUT2D eigenvalue weighted by Gasteiger charge is -2.33. The summed E-state index contributed by atoms with van der Waals surface area (Å²) in [6, 6.07) is 13.3. The van der Waals surface area contributed by atoms with Crippen molar-refractivity contribution in [2.24, 2.45) is 0 Å². The number of amides is 6. The monoisotopic (exact) mass is 1330 g/mol. The molecule has 9 bridgehead atoms. The molecule has 0 aliphatic carbocycles. The van der Waals surface area contributed by atoms with Gasteiger partial charge in [0.25, 0.3) is 5.91 Å². The number of benzene rings is 7. The van der Waals surface area contributed by atoms with Crippen LogP contribution in [-0.4, -0.2) is 107 Å². The summed E-state index contributed by atoms with van der Waals surface area (Å²) in [6.45, 7) is 0. The van der Waals surface area contributed by atoms with Gasteiger partial charge >= 0.3 is 5.97 Å². The Labute approximate surface area is 532 Å². The van der Waals surface area contributed by atoms with E-state index in [1.54, 1.807) is 18.2 Å². The summed E-state index contributed by atoms with van der Waals surface area (Å²) in [6.07, 6.45) is 0.782. The molecule has 0 saturated carbocycles. The minimum absolute atomic E-state index is 0.00208. The van der Waals surface area contributed by atoms with Gasteiger partial charge < -0.3 is 71.8 Å². The van der Waals surface area contributed by atoms with Crippen LogP contribution in [0.5, 0.6) is 40.2 Å². The molecule has 6 amide bonds. The number of hydrogen-bond donors (Lipinski definition) is 12. The molecule has 0 saturated heterocycles. The number of carbonyl (C=O) groups is 8. The number of halogens is 6. The summed E-state index contributed by atoms with van der Waals surface area (Å²) in [5, 5.41) is 75.0. The predicted molar refractivity (Wildman–Crippen MR) is 326 cm³/mol. The lowest BCUT2D eigenvalue weighted by atomic mass is 9.94. The fourth-order valence-corrected chi connectivity index (χ4v) is 11.7. The van der Waals surface area contributed by atoms with Gasteiger partial charge in [-0.2, -0.15) is 0 Å². The van der Waals surface area contributed by atoms with Gasteiger partial charge in [-0.1, -0.05) is 106 Å². The average Bonchev–Trinajstić information content (AvgIpc) is 1.98. The minimum atomic E-state index is -2.07. The number of H-pyrrole nitrogens is 1. The van der Waals surface area contributed by atoms with Crippen LogP contribution >= 0.6 is 69.6 Å². The first-order valence-corrected chi connectivity index (χ1v) is 28.6. The van der Waals surface area contributed by atoms with Crippen molar-refractivity contribution < 1.29 is 73.7 Å². The molecule has 6 atom stereocenters. The Balaban J connectivity index is 1.15. The summed E-state index contributed by atoms with van der Waals surface area (Å²) in [5.41, 5.74) is 0.449. The quantitative estimate of drug-likeness (QED) is 0.0473. The topological polar surface area (TPSA) is 346 Å². The number of likely N-dealkylation sites (N-methyl/N-ethyl adjacent to an activating group) is 1. The van der Waals surface area contributed by atoms with Crippen molar-refractivity contribution in [2.75, 3.05) is 7.05 Å². The van der Waals surface area contributed by atoms with E-state index in [1.165, 1.54) is 73.9 Å². The molecule has 0 fully saturated rings. The van der Waals surface area contributed by atoms with Crippen molar-refractivity contribution >= 4 is 128 Å². The number of ether oxygens (including phenoxy) is 1. The fraction of sp³-hybridized carbons (Fsp3) is 0.148. The van der Waals surface area contributed by atoms with E-state index in [0.29, 0.717) is 22.0 Å². The number of carboxylic acid groups (broad SMARTS) is 1. The van der Waals surface area contributed by atoms with E-state index in [-0.39, 0.29) is 72.7 Å². The highest BCUT2D eigenvalue weighted by Gasteiger charge is 2.40. The average molecular weight is 1330 g/mol. The van der Waals surface area contributed by atoms with E-state index < -0.39 is 133 Å². The van der Waals surface area contributed by atoms with Gasteiger partial charge in [-0.05, 0) is 118 Å². The number of carbonyl (C=O) groups excluding carboxylic acids is 7. The van der Waals surface area contributed by atoms with Crippen molar-refractivity contribution in [3.63, 3.8) is 0 Å². The number of hydrogen-bond acceptors (Lipinski definition) is 14. The first-order chi connectivity index (χ1) is 42.2. The van der Waals surface area contributed by atoms with Gasteiger partial charge in [0.2, 0.25) is 35.3 Å². The number of phenols is 5. The number of nitrogens with one attached hydrogen (secondary N) is 6. The smallest absolute Gasteiger partial charge is 0.330 e. The maximum Gasteiger partial charge on any atom is 0.330 e. The number of nitrogens with zero attached hydrogens (tertiary/aromatic N) is 1. The Bertz CT molecular complexity index is 4210. The summed E-state index contributed by atoms with van der Waals surface area (Å²) in [4.78, 5) is 121. The van der Waals surface area contributed by atoms with Crippen molar-refractivity contribution in [3.05, 3.63) is 191 Å². The molecule has 4 aliphatic rings. The zero-order valence-corrected chi connectivity index (χ0v) is 50.0. The molecular weight excluding hydrogens is 1280 g/mol. The molecule has 0 unspecified atom stereocenters. The van der Waals surface area contributed by atoms with Crippen molar-refractivity contribution in [3.8, 4) is 51.4 Å². The van der Waals surface area contributed by atoms with Crippen LogP contribution in [0.4, 0.5) is 0 Å². The Morgan fingerprint density at radius 3 is 1.71 bits per heavy atom. The molecule has 0 radical (unpaired) electrons. The molecule has 7 aromatic carbocycles. The van der Waals surface area contributed by atoms with E-state index in [1.807, 2.05) is 0 Å². The molecule has 8 aromatic rings. The zero-order chi connectivity index (χ0) is 64.0. The molecule has 456 valence electrons. The van der Waals surface area contributed by atoms with Crippen molar-refractivity contribution in [2.45, 2.75) is 49.1 Å². The summed E-state index contributed by atoms with van der Waals surface area (Å²) < 4.78 is 6.37. The van der Waals surface area contributed by atoms with E-state index >= 15 is 19.2 Å². The lowest BCUT2D eigenvalue weighted by Crippen LogP contribution is -2.55. The molecule has 5 heterocycles. The van der Waals surface area contributed by atoms with Gasteiger partial charge in [0, 0.05) is 48.1 Å². The molecule has 12 rings (SSSR count). The SMILES string of the molecule is CN1C(=O)[C@@H](c2cc(Cl)c(O)c(Cl)c2)NC(=O)[C@@H]2NC(=O)[C@H](c3cc(Cl)c(O)c(Cl)c3)NC(=O)[C@@H](NC(=O)C(=O)c3cc(Cl)c(O)c(Cl)c3)Cc3c[nH]c4cc(ccc34)-c3cc2cc(c3O)Oc2ccc(cc2)C[C@H]1C(=O)N[C@@H](C(=O)O)c1ccc(O)cc1. The Kier molecular flexibility index (Phi) is 17.8. The van der Waals surface area contributed by atoms with Crippen LogP contribution in [0.3, 0.4) is 0 Å². The van der Waals surface area contributed by atoms with Gasteiger partial charge in [0.05, 0.1) is 30.1 Å². The molecule has 89 heavy (non-hydrogen) atoms. The summed E-state index contributed by atoms with van der Waals surface area (Å²) in [5.74, 6) is -12.7. The van der Waals surface area contributed by atoms with Crippen LogP contribution in [-0.2, 0) is 46.4 Å². The van der Waals surface area contributed by atoms with Crippen molar-refractivity contribution in [1.29, 1.82) is 0 Å². The number of carboxylic acids is 1. The van der Waals surface area contributed by atoms with Crippen molar-refractivity contribution in [1.82, 2.24) is 36.5 Å². The number of aliphatic carboxylic acids is 1. The van der Waals surface area contributed by atoms with Crippen LogP contribution in [0.2, 0.25) is 30.1 Å². The Morgan fingerprint density at radius 1 is 0.607 bits per heavy atom. The van der Waals surface area contributed by atoms with E-state index in [0.717, 1.165) is 41.3 Å². The second kappa shape index (κ2) is 25.4. The summed E-state index contributed by atoms with van der Waals surface area (Å²) in [7, 11) is 1.19. The number of fused-ring (bicyclic) bond motifs is 15. The molecule has 22 nitrogen and oxygen atoms in total. The van der Waals surface area contributed by atoms with Crippen LogP contribution in [0.15, 0.2) is 121 Å². The molecule has 28 heteroatoms. The fourth-order valence-electron chi connectivity index (χ4n) is 10.2. The third-order valence-electron chi connectivity index (χ3n) is 14.9. The highest BCUT2D eigenvalue weighted by atomic mass is 35.5. The zero-order valence-electron chi connectivity index (χ0n) is 45.5. The number of rotatable bonds is 9. The molecule has 1 aromatic heterocycles. The molecule has 0 spiro atoms. The number of aromatic amines is 1. The Hall–Kier alpha value is -9.42. The third kappa shape index (κ3) is 13.0. The molecular formula is C61H45Cl6N7O15. The van der Waals surface area contributed by atoms with Gasteiger partial charge in [-0.3, -0.25) is 33.6 Å². The maximum atomic E-state index is 15.8. The van der Waals surface area contributed by atoms with E-state index in [4.69, 9.17) is 74.3 Å². The molecule has 4 aliphatic heterocycles. The van der Waals surface area contributed by atoms with Gasteiger partial charge in [0.15, 0.2) is 34.8 Å². The van der Waals surface area contributed by atoms with E-state index in [2.05, 4.69) is 31.6 Å². The lowest BCUT2D eigenvalue weighted by molar-refractivity contribution is -0.145. The second-order valence-electron chi connectivity index (χ2n) is 20.6. The van der Waals surface area contributed by atoms with Gasteiger partial charge in [-0.15, -0.1) is 0 Å². The number of phenolic OH excluding ortho intramolecular Hbond substituents is 5. The van der Waals surface area contributed by atoms with Gasteiger partial charge in [-0.25, -0.2) is 4.79 Å². The van der Waals surface area contributed by atoms with E-state index in [9.17, 15) is 49.8 Å². The molecule has 12 N–H and O–H groups in total. The van der Waals surface area contributed by atoms with Crippen LogP contribution in [0.25, 0.3) is 22.0 Å². The van der Waals surface area contributed by atoms with Crippen LogP contribution in [0.1, 0.15) is 67.9 Å². The minimum Gasteiger partial charge on any atom is -0.508 e. The van der Waals surface area contributed by atoms with Gasteiger partial charge in [0.1, 0.15) is 41.7 Å². The second-order valence-corrected chi connectivity index (χ2v) is 23.1. The van der Waals surface area contributed by atoms with Crippen LogP contribution < -0.4 is 31.3 Å². The Morgan fingerprint density at radius 2 is 1.13 bits per heavy atom. The first-order valence-electron chi connectivity index (χ1n) is 26.4. The number of Topliss-reactive ketones (excluding diaryl/α,β-unsaturated/α-hetero) is 1. The highest BCUT2D eigenvalue weighted by molar-refractivity contribution is 6.45. The maximum absolute atomic E-state index is 15.8. The predicted octanol–water partition coefficient (Wildman–Crippen LogP) is 9.20. The number of aromatic nitrogens is 1. The highest BCUT2D eigenvalue weighted by Crippen LogP contribution is 2.44. The standard InChI is InChI=1S/C61H45Cl6N7O15/c1-74-44(56(82)73-49(61(87)88)25-4-7-32(75)8-5-25)12-24-2-9-33(10-3-24)89-45-22-27-13-35(51(45)77)26-6-11-34-31(23-68-42(34)20-26)21-43(69-59(85)50(76)30-18-40(66)54(80)41(67)19-30)55(81)70-47(28-14-36(62)52(78)37(63)15-28)57(83)71-46(27)58(84)72-48(60(74)86)29-16-38(64)53(79)39(65)17-29/h2-11,13-20,22-23,43-44,46-49,68,75,77-80H,12,21H2,1H3,(H,69,85)(H,70,81)(H,71,83)(H,72,84)(H,73,82)(H,87,88)/t43-,44-,46+,47-,48+,49+/m0/s1. The number of ketones is 1. The normalized spacial score (nSPS) is 18.2. The summed E-state index contributed by atoms with van der Waals surface area (Å²) >= 11 is 38.0. The largest absolute Gasteiger partial charge is 0.508 e. The number of aromatic hydroxyl groups is 5. The third-order valence-corrected chi connectivity index (χ3v) is 16.6. The first kappa shape index (κ1) is 62.6. The van der Waals surface area contributed by atoms with Crippen LogP contribution in [0, 0.1) is 0 Å².